The van der Waals surface area contributed by atoms with Gasteiger partial charge in [-0.25, -0.2) is 0 Å². The summed E-state index contributed by atoms with van der Waals surface area (Å²) in [6.07, 6.45) is 3.73. The first-order valence-corrected chi connectivity index (χ1v) is 6.94. The zero-order valence-electron chi connectivity index (χ0n) is 10.3. The second-order valence-electron chi connectivity index (χ2n) is 4.35. The molecule has 1 aliphatic rings. The predicted molar refractivity (Wildman–Crippen MR) is 73.7 cm³/mol. The van der Waals surface area contributed by atoms with Gasteiger partial charge < -0.3 is 5.32 Å². The molecule has 0 spiro atoms. The molecule has 1 N–H and O–H groups in total. The molecule has 6 heteroatoms. The lowest BCUT2D eigenvalue weighted by atomic mass is 10.0. The summed E-state index contributed by atoms with van der Waals surface area (Å²) in [5.41, 5.74) is 1.12. The number of piperidine rings is 1. The van der Waals surface area contributed by atoms with Gasteiger partial charge in [0.2, 0.25) is 0 Å². The molecular weight excluding hydrogens is 256 g/mol. The molecule has 2 heterocycles. The molecule has 0 bridgehead atoms. The molecule has 0 radical (unpaired) electrons. The molecule has 98 valence electrons. The Labute approximate surface area is 113 Å². The number of hydrogen-bond acceptors (Lipinski definition) is 5. The van der Waals surface area contributed by atoms with E-state index in [1.54, 1.807) is 0 Å². The summed E-state index contributed by atoms with van der Waals surface area (Å²) >= 11 is 1.45. The van der Waals surface area contributed by atoms with Crippen LogP contribution in [-0.4, -0.2) is 40.2 Å². The van der Waals surface area contributed by atoms with Crippen LogP contribution in [0.25, 0.3) is 0 Å². The monoisotopic (exact) mass is 276 g/mol. The van der Waals surface area contributed by atoms with E-state index in [1.807, 2.05) is 0 Å². The lowest BCUT2D eigenvalue weighted by molar-refractivity contribution is 0.152. The predicted octanol–water partition coefficient (Wildman–Crippen LogP) is 1.92. The molecular formula is C11H21ClN4S. The van der Waals surface area contributed by atoms with Crippen LogP contribution in [0.2, 0.25) is 0 Å². The van der Waals surface area contributed by atoms with Crippen molar-refractivity contribution >= 4 is 23.9 Å². The molecule has 4 nitrogen and oxygen atoms in total. The zero-order chi connectivity index (χ0) is 11.2. The lowest BCUT2D eigenvalue weighted by Crippen LogP contribution is -2.43. The van der Waals surface area contributed by atoms with Crippen molar-refractivity contribution in [3.63, 3.8) is 0 Å². The molecule has 17 heavy (non-hydrogen) atoms. The molecule has 1 fully saturated rings. The highest BCUT2D eigenvalue weighted by atomic mass is 35.5. The van der Waals surface area contributed by atoms with Crippen molar-refractivity contribution in [2.24, 2.45) is 0 Å². The maximum absolute atomic E-state index is 4.14. The minimum Gasteiger partial charge on any atom is -0.317 e. The first-order chi connectivity index (χ1) is 7.90. The molecule has 1 saturated heterocycles. The highest BCUT2D eigenvalue weighted by molar-refractivity contribution is 7.03. The Morgan fingerprint density at radius 3 is 2.82 bits per heavy atom. The van der Waals surface area contributed by atoms with Gasteiger partial charge in [0.15, 0.2) is 0 Å². The van der Waals surface area contributed by atoms with Crippen molar-refractivity contribution in [3.8, 4) is 0 Å². The highest BCUT2D eigenvalue weighted by Crippen LogP contribution is 2.15. The van der Waals surface area contributed by atoms with Gasteiger partial charge in [-0.1, -0.05) is 11.4 Å². The van der Waals surface area contributed by atoms with Crippen molar-refractivity contribution in [2.45, 2.75) is 38.8 Å². The van der Waals surface area contributed by atoms with Crippen LogP contribution in [-0.2, 0) is 6.54 Å². The van der Waals surface area contributed by atoms with Gasteiger partial charge in [-0.15, -0.1) is 17.5 Å². The van der Waals surface area contributed by atoms with Crippen LogP contribution in [0, 0.1) is 0 Å². The Hall–Kier alpha value is -0.230. The molecule has 0 atom stereocenters. The maximum Gasteiger partial charge on any atom is 0.0895 e. The number of nitrogens with one attached hydrogen (secondary N) is 1. The van der Waals surface area contributed by atoms with Crippen LogP contribution in [0.1, 0.15) is 31.9 Å². The third-order valence-corrected chi connectivity index (χ3v) is 3.66. The summed E-state index contributed by atoms with van der Waals surface area (Å²) in [6.45, 7) is 6.69. The van der Waals surface area contributed by atoms with Gasteiger partial charge in [-0.2, -0.15) is 0 Å². The van der Waals surface area contributed by atoms with Gasteiger partial charge in [0.1, 0.15) is 0 Å². The Morgan fingerprint density at radius 2 is 2.24 bits per heavy atom. The third-order valence-electron chi connectivity index (χ3n) is 3.11. The van der Waals surface area contributed by atoms with E-state index in [9.17, 15) is 0 Å². The second kappa shape index (κ2) is 7.97. The summed E-state index contributed by atoms with van der Waals surface area (Å²) in [6, 6.07) is 0.725. The van der Waals surface area contributed by atoms with Crippen LogP contribution in [0.15, 0.2) is 5.38 Å². The van der Waals surface area contributed by atoms with Crippen molar-refractivity contribution in [1.82, 2.24) is 19.8 Å². The fourth-order valence-corrected chi connectivity index (χ4v) is 2.75. The van der Waals surface area contributed by atoms with Crippen LogP contribution < -0.4 is 5.32 Å². The van der Waals surface area contributed by atoms with E-state index in [1.165, 1.54) is 37.3 Å². The number of rotatable bonds is 5. The average molecular weight is 277 g/mol. The molecule has 0 unspecified atom stereocenters. The fourth-order valence-electron chi connectivity index (χ4n) is 2.31. The molecule has 0 amide bonds. The van der Waals surface area contributed by atoms with Gasteiger partial charge in [0, 0.05) is 18.0 Å². The third kappa shape index (κ3) is 4.50. The Balaban J connectivity index is 0.00000144. The molecule has 0 aromatic carbocycles. The Morgan fingerprint density at radius 1 is 1.47 bits per heavy atom. The van der Waals surface area contributed by atoms with E-state index in [0.717, 1.165) is 31.4 Å². The first-order valence-electron chi connectivity index (χ1n) is 6.11. The Kier molecular flexibility index (Phi) is 6.96. The van der Waals surface area contributed by atoms with Gasteiger partial charge in [0.25, 0.3) is 0 Å². The van der Waals surface area contributed by atoms with Crippen molar-refractivity contribution in [3.05, 3.63) is 11.1 Å². The van der Waals surface area contributed by atoms with E-state index >= 15 is 0 Å². The van der Waals surface area contributed by atoms with E-state index in [-0.39, 0.29) is 12.4 Å². The first kappa shape index (κ1) is 14.8. The summed E-state index contributed by atoms with van der Waals surface area (Å²) in [5, 5.41) is 9.62. The summed E-state index contributed by atoms with van der Waals surface area (Å²) < 4.78 is 3.93. The van der Waals surface area contributed by atoms with Crippen molar-refractivity contribution in [1.29, 1.82) is 0 Å². The normalized spacial score (nSPS) is 17.1. The quantitative estimate of drug-likeness (QED) is 0.892. The molecule has 0 aliphatic carbocycles. The largest absolute Gasteiger partial charge is 0.317 e. The molecule has 1 aromatic heterocycles. The van der Waals surface area contributed by atoms with Gasteiger partial charge in [0.05, 0.1) is 5.69 Å². The standard InChI is InChI=1S/C11H20N4S.ClH/c1-2-7-15(8-10-9-16-14-13-10)11-3-5-12-6-4-11;/h9,11-12H,2-8H2,1H3;1H. The summed E-state index contributed by atoms with van der Waals surface area (Å²) in [4.78, 5) is 2.57. The van der Waals surface area contributed by atoms with E-state index < -0.39 is 0 Å². The maximum atomic E-state index is 4.14. The molecule has 2 rings (SSSR count). The smallest absolute Gasteiger partial charge is 0.0895 e. The number of nitrogens with zero attached hydrogens (tertiary/aromatic N) is 3. The van der Waals surface area contributed by atoms with Gasteiger partial charge >= 0.3 is 0 Å². The fraction of sp³-hybridized carbons (Fsp3) is 0.818. The van der Waals surface area contributed by atoms with Crippen molar-refractivity contribution < 1.29 is 0 Å². The van der Waals surface area contributed by atoms with E-state index in [4.69, 9.17) is 0 Å². The SMILES string of the molecule is CCCN(Cc1csnn1)C1CCNCC1.Cl. The zero-order valence-corrected chi connectivity index (χ0v) is 11.9. The molecule has 1 aromatic rings. The van der Waals surface area contributed by atoms with Crippen LogP contribution in [0.5, 0.6) is 0 Å². The van der Waals surface area contributed by atoms with Gasteiger partial charge in [-0.05, 0) is 50.4 Å². The number of halogens is 1. The van der Waals surface area contributed by atoms with Crippen molar-refractivity contribution in [2.75, 3.05) is 19.6 Å². The molecule has 1 aliphatic heterocycles. The Bertz CT molecular complexity index is 288. The van der Waals surface area contributed by atoms with E-state index in [2.05, 4.69) is 32.1 Å². The highest BCUT2D eigenvalue weighted by Gasteiger charge is 2.20. The average Bonchev–Trinajstić information content (AvgIpc) is 2.83. The minimum atomic E-state index is 0. The number of aromatic nitrogens is 2. The number of hydrogen-bond donors (Lipinski definition) is 1. The summed E-state index contributed by atoms with van der Waals surface area (Å²) in [7, 11) is 0. The topological polar surface area (TPSA) is 41.1 Å². The minimum absolute atomic E-state index is 0. The summed E-state index contributed by atoms with van der Waals surface area (Å²) in [5.74, 6) is 0. The van der Waals surface area contributed by atoms with E-state index in [0.29, 0.717) is 0 Å². The van der Waals surface area contributed by atoms with Gasteiger partial charge in [-0.3, -0.25) is 4.90 Å². The van der Waals surface area contributed by atoms with Crippen LogP contribution in [0.3, 0.4) is 0 Å². The lowest BCUT2D eigenvalue weighted by Gasteiger charge is -2.33. The van der Waals surface area contributed by atoms with Crippen LogP contribution in [0.4, 0.5) is 0 Å². The molecule has 0 saturated carbocycles. The van der Waals surface area contributed by atoms with Crippen LogP contribution >= 0.6 is 23.9 Å². The second-order valence-corrected chi connectivity index (χ2v) is 4.96.